The Bertz CT molecular complexity index is 1320. The third kappa shape index (κ3) is 4.24. The van der Waals surface area contributed by atoms with Gasteiger partial charge in [-0.05, 0) is 88.1 Å². The van der Waals surface area contributed by atoms with Crippen molar-refractivity contribution in [2.75, 3.05) is 5.32 Å². The first kappa shape index (κ1) is 22.0. The molecule has 2 saturated carbocycles. The smallest absolute Gasteiger partial charge is 0.295 e. The number of aromatic nitrogens is 4. The van der Waals surface area contributed by atoms with Gasteiger partial charge in [-0.15, -0.1) is 5.10 Å². The first-order valence-corrected chi connectivity index (χ1v) is 12.8. The average molecular weight is 469 g/mol. The molecule has 2 aliphatic rings. The number of anilines is 1. The van der Waals surface area contributed by atoms with E-state index >= 15 is 0 Å². The third-order valence-corrected chi connectivity index (χ3v) is 8.59. The van der Waals surface area contributed by atoms with E-state index in [9.17, 15) is 13.2 Å². The molecule has 1 aromatic carbocycles. The molecular weight excluding hydrogens is 440 g/mol. The van der Waals surface area contributed by atoms with Crippen molar-refractivity contribution in [3.8, 4) is 0 Å². The minimum Gasteiger partial charge on any atom is -0.319 e. The first-order valence-electron chi connectivity index (χ1n) is 11.3. The molecule has 0 radical (unpaired) electrons. The second-order valence-corrected chi connectivity index (χ2v) is 11.1. The second kappa shape index (κ2) is 8.18. The summed E-state index contributed by atoms with van der Waals surface area (Å²) in [7, 11) is -3.64. The molecule has 2 aliphatic carbocycles. The van der Waals surface area contributed by atoms with Gasteiger partial charge in [-0.3, -0.25) is 4.79 Å². The van der Waals surface area contributed by atoms with Gasteiger partial charge in [-0.2, -0.15) is 4.98 Å². The Morgan fingerprint density at radius 2 is 1.88 bits per heavy atom. The number of nitrogens with one attached hydrogen (secondary N) is 2. The SMILES string of the molecule is Cc1cc(C)n2nc(C(=O)Nc3ccc(S(=O)(=O)N[C@H](C)[C@H]4C[C@H]5CC[C@H]4C5)cc3)nc2n1. The fourth-order valence-corrected chi connectivity index (χ4v) is 6.77. The van der Waals surface area contributed by atoms with Gasteiger partial charge in [0, 0.05) is 23.1 Å². The molecule has 10 heteroatoms. The summed E-state index contributed by atoms with van der Waals surface area (Å²) in [5.41, 5.74) is 2.07. The number of fused-ring (bicyclic) bond motifs is 3. The van der Waals surface area contributed by atoms with E-state index in [1.807, 2.05) is 26.8 Å². The average Bonchev–Trinajstić information content (AvgIpc) is 3.49. The van der Waals surface area contributed by atoms with Crippen molar-refractivity contribution in [3.63, 3.8) is 0 Å². The Morgan fingerprint density at radius 3 is 2.55 bits per heavy atom. The van der Waals surface area contributed by atoms with Crippen LogP contribution in [0, 0.1) is 31.6 Å². The third-order valence-electron chi connectivity index (χ3n) is 7.02. The highest BCUT2D eigenvalue weighted by Crippen LogP contribution is 2.49. The van der Waals surface area contributed by atoms with Gasteiger partial charge in [0.05, 0.1) is 4.90 Å². The highest BCUT2D eigenvalue weighted by Gasteiger charge is 2.42. The van der Waals surface area contributed by atoms with Gasteiger partial charge in [0.25, 0.3) is 11.7 Å². The van der Waals surface area contributed by atoms with Crippen LogP contribution >= 0.6 is 0 Å². The molecule has 2 aromatic heterocycles. The maximum atomic E-state index is 12.9. The zero-order valence-corrected chi connectivity index (χ0v) is 19.8. The van der Waals surface area contributed by atoms with Crippen LogP contribution < -0.4 is 10.0 Å². The molecule has 0 aliphatic heterocycles. The van der Waals surface area contributed by atoms with Crippen LogP contribution in [-0.2, 0) is 10.0 Å². The quantitative estimate of drug-likeness (QED) is 0.574. The van der Waals surface area contributed by atoms with E-state index in [1.54, 1.807) is 12.1 Å². The van der Waals surface area contributed by atoms with Crippen molar-refractivity contribution in [3.05, 3.63) is 47.5 Å². The van der Waals surface area contributed by atoms with Gasteiger partial charge < -0.3 is 5.32 Å². The van der Waals surface area contributed by atoms with E-state index in [1.165, 1.54) is 35.9 Å². The summed E-state index contributed by atoms with van der Waals surface area (Å²) in [6.45, 7) is 5.69. The van der Waals surface area contributed by atoms with E-state index in [0.29, 0.717) is 23.3 Å². The molecule has 2 N–H and O–H groups in total. The Labute approximate surface area is 193 Å². The fraction of sp³-hybridized carbons (Fsp3) is 0.478. The van der Waals surface area contributed by atoms with Crippen LogP contribution in [0.3, 0.4) is 0 Å². The van der Waals surface area contributed by atoms with Crippen LogP contribution in [0.1, 0.15) is 54.6 Å². The molecular formula is C23H28N6O3S. The lowest BCUT2D eigenvalue weighted by molar-refractivity contribution is 0.101. The maximum absolute atomic E-state index is 12.9. The number of rotatable bonds is 6. The van der Waals surface area contributed by atoms with E-state index < -0.39 is 15.9 Å². The highest BCUT2D eigenvalue weighted by molar-refractivity contribution is 7.89. The molecule has 2 fully saturated rings. The molecule has 33 heavy (non-hydrogen) atoms. The van der Waals surface area contributed by atoms with Crippen molar-refractivity contribution in [2.24, 2.45) is 17.8 Å². The number of hydrogen-bond acceptors (Lipinski definition) is 6. The minimum atomic E-state index is -3.64. The number of hydrogen-bond donors (Lipinski definition) is 2. The Kier molecular flexibility index (Phi) is 5.44. The lowest BCUT2D eigenvalue weighted by Gasteiger charge is -2.28. The number of nitrogens with zero attached hydrogens (tertiary/aromatic N) is 4. The van der Waals surface area contributed by atoms with Gasteiger partial charge in [-0.25, -0.2) is 22.6 Å². The topological polar surface area (TPSA) is 118 Å². The molecule has 9 nitrogen and oxygen atoms in total. The summed E-state index contributed by atoms with van der Waals surface area (Å²) in [4.78, 5) is 21.3. The number of aryl methyl sites for hydroxylation is 2. The van der Waals surface area contributed by atoms with Crippen molar-refractivity contribution in [2.45, 2.75) is 57.4 Å². The number of amides is 1. The van der Waals surface area contributed by atoms with Crippen LogP contribution in [0.25, 0.3) is 5.78 Å². The molecule has 2 bridgehead atoms. The maximum Gasteiger partial charge on any atom is 0.295 e. The van der Waals surface area contributed by atoms with E-state index in [4.69, 9.17) is 0 Å². The highest BCUT2D eigenvalue weighted by atomic mass is 32.2. The molecule has 0 saturated heterocycles. The van der Waals surface area contributed by atoms with Crippen LogP contribution in [0.4, 0.5) is 5.69 Å². The van der Waals surface area contributed by atoms with Gasteiger partial charge in [0.15, 0.2) is 0 Å². The predicted molar refractivity (Wildman–Crippen MR) is 123 cm³/mol. The number of carbonyl (C=O) groups is 1. The zero-order chi connectivity index (χ0) is 23.3. The van der Waals surface area contributed by atoms with Crippen LogP contribution in [0.15, 0.2) is 35.2 Å². The van der Waals surface area contributed by atoms with Gasteiger partial charge >= 0.3 is 0 Å². The van der Waals surface area contributed by atoms with E-state index in [2.05, 4.69) is 25.1 Å². The van der Waals surface area contributed by atoms with Crippen molar-refractivity contribution in [1.29, 1.82) is 0 Å². The first-order chi connectivity index (χ1) is 15.7. The number of sulfonamides is 1. The van der Waals surface area contributed by atoms with Crippen molar-refractivity contribution < 1.29 is 13.2 Å². The lowest BCUT2D eigenvalue weighted by Crippen LogP contribution is -2.40. The molecule has 4 atom stereocenters. The Morgan fingerprint density at radius 1 is 1.12 bits per heavy atom. The van der Waals surface area contributed by atoms with Crippen molar-refractivity contribution in [1.82, 2.24) is 24.3 Å². The predicted octanol–water partition coefficient (Wildman–Crippen LogP) is 3.10. The molecule has 0 unspecified atom stereocenters. The lowest BCUT2D eigenvalue weighted by atomic mass is 9.84. The molecule has 174 valence electrons. The van der Waals surface area contributed by atoms with Crippen LogP contribution in [0.5, 0.6) is 0 Å². The summed E-state index contributed by atoms with van der Waals surface area (Å²) in [6.07, 6.45) is 4.85. The van der Waals surface area contributed by atoms with Gasteiger partial charge in [0.2, 0.25) is 15.8 Å². The minimum absolute atomic E-state index is 0.00532. The summed E-state index contributed by atoms with van der Waals surface area (Å²) >= 11 is 0. The summed E-state index contributed by atoms with van der Waals surface area (Å²) in [5.74, 6) is 1.68. The van der Waals surface area contributed by atoms with E-state index in [-0.39, 0.29) is 16.8 Å². The zero-order valence-electron chi connectivity index (χ0n) is 18.9. The van der Waals surface area contributed by atoms with Crippen LogP contribution in [-0.4, -0.2) is 39.9 Å². The normalized spacial score (nSPS) is 23.2. The standard InChI is InChI=1S/C23H28N6O3S/c1-13-10-14(2)29-23(24-13)26-21(27-29)22(30)25-18-6-8-19(9-7-18)33(31,32)28-15(3)20-12-16-4-5-17(20)11-16/h6-10,15-17,20,28H,4-5,11-12H2,1-3H3,(H,25,30)/t15-,16+,17+,20-/m1/s1. The summed E-state index contributed by atoms with van der Waals surface area (Å²) in [5, 5.41) is 6.93. The van der Waals surface area contributed by atoms with Crippen LogP contribution in [0.2, 0.25) is 0 Å². The largest absolute Gasteiger partial charge is 0.319 e. The Balaban J connectivity index is 1.26. The Hall–Kier alpha value is -2.85. The number of carbonyl (C=O) groups excluding carboxylic acids is 1. The summed E-state index contributed by atoms with van der Waals surface area (Å²) < 4.78 is 30.2. The molecule has 3 aromatic rings. The molecule has 5 rings (SSSR count). The number of benzene rings is 1. The summed E-state index contributed by atoms with van der Waals surface area (Å²) in [6, 6.07) is 7.90. The molecule has 1 amide bonds. The molecule has 2 heterocycles. The van der Waals surface area contributed by atoms with Gasteiger partial charge in [0.1, 0.15) is 0 Å². The second-order valence-electron chi connectivity index (χ2n) is 9.41. The fourth-order valence-electron chi connectivity index (χ4n) is 5.47. The monoisotopic (exact) mass is 468 g/mol. The van der Waals surface area contributed by atoms with Crippen molar-refractivity contribution >= 4 is 27.4 Å². The van der Waals surface area contributed by atoms with E-state index in [0.717, 1.165) is 23.7 Å². The van der Waals surface area contributed by atoms with Gasteiger partial charge in [-0.1, -0.05) is 6.42 Å². The molecule has 0 spiro atoms.